The number of ether oxygens (including phenoxy) is 1. The minimum Gasteiger partial charge on any atom is -0.450 e. The van der Waals surface area contributed by atoms with Crippen LogP contribution in [0.4, 0.5) is 5.69 Å². The normalized spacial score (nSPS) is 14.3. The number of ketones is 1. The molecule has 2 heterocycles. The number of nitrogens with one attached hydrogen (secondary N) is 1. The number of aryl methyl sites for hydroxylation is 1. The van der Waals surface area contributed by atoms with Crippen molar-refractivity contribution in [3.63, 3.8) is 0 Å². The SMILES string of the molecule is Cc1cc(=O)oc2c3c(c(NC=O)cc12)OC(=Cc1ccccc1)C3=O. The lowest BCUT2D eigenvalue weighted by atomic mass is 10.0. The van der Waals surface area contributed by atoms with Gasteiger partial charge in [-0.2, -0.15) is 0 Å². The number of carbonyl (C=O) groups excluding carboxylic acids is 2. The molecule has 0 spiro atoms. The second-order valence-electron chi connectivity index (χ2n) is 5.87. The van der Waals surface area contributed by atoms with Crippen LogP contribution in [-0.4, -0.2) is 12.2 Å². The molecule has 0 saturated carbocycles. The fourth-order valence-electron chi connectivity index (χ4n) is 2.99. The molecule has 6 heteroatoms. The van der Waals surface area contributed by atoms with E-state index < -0.39 is 11.4 Å². The summed E-state index contributed by atoms with van der Waals surface area (Å²) in [6, 6.07) is 12.2. The Kier molecular flexibility index (Phi) is 3.65. The maximum absolute atomic E-state index is 12.9. The van der Waals surface area contributed by atoms with Gasteiger partial charge in [0.25, 0.3) is 0 Å². The molecular weight excluding hydrogens is 334 g/mol. The summed E-state index contributed by atoms with van der Waals surface area (Å²) in [7, 11) is 0. The summed E-state index contributed by atoms with van der Waals surface area (Å²) in [6.07, 6.45) is 2.11. The standard InChI is InChI=1S/C20H13NO5/c1-11-7-16(23)26-19-13(11)9-14(21-10-22)20-17(19)18(24)15(25-20)8-12-5-3-2-4-6-12/h2-10H,1H3,(H,21,22). The van der Waals surface area contributed by atoms with Gasteiger partial charge in [0.1, 0.15) is 5.56 Å². The third-order valence-electron chi connectivity index (χ3n) is 4.17. The Balaban J connectivity index is 1.98. The van der Waals surface area contributed by atoms with Crippen molar-refractivity contribution in [2.75, 3.05) is 5.32 Å². The van der Waals surface area contributed by atoms with E-state index in [1.165, 1.54) is 6.07 Å². The van der Waals surface area contributed by atoms with E-state index in [4.69, 9.17) is 9.15 Å². The number of hydrogen-bond acceptors (Lipinski definition) is 5. The minimum atomic E-state index is -0.554. The molecule has 1 N–H and O–H groups in total. The number of allylic oxidation sites excluding steroid dienone is 1. The Labute approximate surface area is 147 Å². The lowest BCUT2D eigenvalue weighted by Gasteiger charge is -2.09. The molecule has 0 bridgehead atoms. The quantitative estimate of drug-likeness (QED) is 0.446. The van der Waals surface area contributed by atoms with Gasteiger partial charge >= 0.3 is 5.63 Å². The van der Waals surface area contributed by atoms with E-state index in [-0.39, 0.29) is 22.7 Å². The van der Waals surface area contributed by atoms with Crippen molar-refractivity contribution in [2.45, 2.75) is 6.92 Å². The van der Waals surface area contributed by atoms with E-state index in [0.29, 0.717) is 23.0 Å². The highest BCUT2D eigenvalue weighted by atomic mass is 16.5. The number of carbonyl (C=O) groups is 2. The molecule has 1 aromatic heterocycles. The van der Waals surface area contributed by atoms with Crippen LogP contribution in [0.5, 0.6) is 5.75 Å². The molecule has 1 amide bonds. The van der Waals surface area contributed by atoms with Crippen molar-refractivity contribution in [1.29, 1.82) is 0 Å². The van der Waals surface area contributed by atoms with E-state index in [1.54, 1.807) is 19.1 Å². The Morgan fingerprint density at radius 3 is 2.58 bits per heavy atom. The maximum Gasteiger partial charge on any atom is 0.336 e. The third kappa shape index (κ3) is 2.48. The molecule has 0 radical (unpaired) electrons. The number of benzene rings is 2. The van der Waals surface area contributed by atoms with E-state index in [2.05, 4.69) is 5.32 Å². The Morgan fingerprint density at radius 2 is 1.85 bits per heavy atom. The zero-order valence-corrected chi connectivity index (χ0v) is 13.7. The number of rotatable bonds is 3. The predicted octanol–water partition coefficient (Wildman–Crippen LogP) is 3.29. The van der Waals surface area contributed by atoms with Gasteiger partial charge < -0.3 is 14.5 Å². The summed E-state index contributed by atoms with van der Waals surface area (Å²) < 4.78 is 11.0. The molecule has 4 rings (SSSR count). The topological polar surface area (TPSA) is 85.6 Å². The molecule has 6 nitrogen and oxygen atoms in total. The summed E-state index contributed by atoms with van der Waals surface area (Å²) in [5.41, 5.74) is 1.50. The lowest BCUT2D eigenvalue weighted by Crippen LogP contribution is -2.03. The summed E-state index contributed by atoms with van der Waals surface area (Å²) in [5.74, 6) is -0.139. The van der Waals surface area contributed by atoms with Gasteiger partial charge in [-0.25, -0.2) is 4.79 Å². The highest BCUT2D eigenvalue weighted by Crippen LogP contribution is 2.43. The van der Waals surface area contributed by atoms with Crippen LogP contribution in [0.15, 0.2) is 57.4 Å². The third-order valence-corrected chi connectivity index (χ3v) is 4.17. The van der Waals surface area contributed by atoms with Crippen LogP contribution < -0.4 is 15.7 Å². The van der Waals surface area contributed by atoms with E-state index in [0.717, 1.165) is 5.56 Å². The molecule has 3 aromatic rings. The van der Waals surface area contributed by atoms with Gasteiger partial charge in [-0.05, 0) is 30.2 Å². The predicted molar refractivity (Wildman–Crippen MR) is 96.3 cm³/mol. The number of amides is 1. The molecular formula is C20H13NO5. The molecule has 0 aliphatic carbocycles. The van der Waals surface area contributed by atoms with Crippen LogP contribution in [0, 0.1) is 6.92 Å². The second kappa shape index (κ2) is 6.00. The first kappa shape index (κ1) is 15.8. The van der Waals surface area contributed by atoms with Gasteiger partial charge in [0.05, 0.1) is 5.69 Å². The number of Topliss-reactive ketones (excluding diaryl/α,β-unsaturated/α-hetero) is 1. The smallest absolute Gasteiger partial charge is 0.336 e. The van der Waals surface area contributed by atoms with Crippen molar-refractivity contribution in [2.24, 2.45) is 0 Å². The highest BCUT2D eigenvalue weighted by molar-refractivity contribution is 6.22. The van der Waals surface area contributed by atoms with E-state index in [9.17, 15) is 14.4 Å². The molecule has 1 aliphatic heterocycles. The minimum absolute atomic E-state index is 0.0943. The van der Waals surface area contributed by atoms with Crippen molar-refractivity contribution >= 4 is 34.9 Å². The summed E-state index contributed by atoms with van der Waals surface area (Å²) in [4.78, 5) is 35.7. The summed E-state index contributed by atoms with van der Waals surface area (Å²) in [6.45, 7) is 1.73. The first-order valence-corrected chi connectivity index (χ1v) is 7.89. The van der Waals surface area contributed by atoms with Crippen LogP contribution in [0.25, 0.3) is 17.0 Å². The monoisotopic (exact) mass is 347 g/mol. The fourth-order valence-corrected chi connectivity index (χ4v) is 2.99. The van der Waals surface area contributed by atoms with Gasteiger partial charge in [0.15, 0.2) is 17.1 Å². The van der Waals surface area contributed by atoms with Crippen LogP contribution in [0.1, 0.15) is 21.5 Å². The maximum atomic E-state index is 12.9. The number of anilines is 1. The Bertz CT molecular complexity index is 1140. The molecule has 0 fully saturated rings. The molecule has 26 heavy (non-hydrogen) atoms. The molecule has 2 aromatic carbocycles. The van der Waals surface area contributed by atoms with Gasteiger partial charge in [0.2, 0.25) is 12.2 Å². The molecule has 0 unspecified atom stereocenters. The fraction of sp³-hybridized carbons (Fsp3) is 0.0500. The van der Waals surface area contributed by atoms with Gasteiger partial charge in [-0.3, -0.25) is 9.59 Å². The average molecular weight is 347 g/mol. The summed E-state index contributed by atoms with van der Waals surface area (Å²) in [5, 5.41) is 3.10. The van der Waals surface area contributed by atoms with Crippen LogP contribution in [0.3, 0.4) is 0 Å². The van der Waals surface area contributed by atoms with Gasteiger partial charge in [0, 0.05) is 11.5 Å². The van der Waals surface area contributed by atoms with Gasteiger partial charge in [-0.15, -0.1) is 0 Å². The van der Waals surface area contributed by atoms with Crippen molar-refractivity contribution in [1.82, 2.24) is 0 Å². The van der Waals surface area contributed by atoms with Crippen molar-refractivity contribution in [3.05, 3.63) is 75.3 Å². The zero-order valence-electron chi connectivity index (χ0n) is 13.7. The molecule has 0 atom stereocenters. The Hall–Kier alpha value is -3.67. The summed E-state index contributed by atoms with van der Waals surface area (Å²) >= 11 is 0. The highest BCUT2D eigenvalue weighted by Gasteiger charge is 2.34. The van der Waals surface area contributed by atoms with Crippen LogP contribution in [-0.2, 0) is 4.79 Å². The van der Waals surface area contributed by atoms with Gasteiger partial charge in [-0.1, -0.05) is 30.3 Å². The number of hydrogen-bond donors (Lipinski definition) is 1. The zero-order chi connectivity index (χ0) is 18.3. The first-order chi connectivity index (χ1) is 12.6. The largest absolute Gasteiger partial charge is 0.450 e. The molecule has 1 aliphatic rings. The first-order valence-electron chi connectivity index (χ1n) is 7.89. The van der Waals surface area contributed by atoms with Crippen LogP contribution in [0.2, 0.25) is 0 Å². The Morgan fingerprint density at radius 1 is 1.08 bits per heavy atom. The van der Waals surface area contributed by atoms with E-state index in [1.807, 2.05) is 30.3 Å². The average Bonchev–Trinajstić information content (AvgIpc) is 2.94. The second-order valence-corrected chi connectivity index (χ2v) is 5.87. The molecule has 0 saturated heterocycles. The van der Waals surface area contributed by atoms with Crippen molar-refractivity contribution < 1.29 is 18.7 Å². The van der Waals surface area contributed by atoms with Crippen LogP contribution >= 0.6 is 0 Å². The van der Waals surface area contributed by atoms with E-state index >= 15 is 0 Å². The lowest BCUT2D eigenvalue weighted by molar-refractivity contribution is -0.105. The van der Waals surface area contributed by atoms with Crippen molar-refractivity contribution in [3.8, 4) is 5.75 Å². The molecule has 128 valence electrons. The number of fused-ring (bicyclic) bond motifs is 3.